The third-order valence-electron chi connectivity index (χ3n) is 7.10. The van der Waals surface area contributed by atoms with Crippen molar-refractivity contribution in [2.24, 2.45) is 0 Å². The number of aromatic nitrogens is 1. The van der Waals surface area contributed by atoms with E-state index in [1.807, 2.05) is 4.90 Å². The van der Waals surface area contributed by atoms with Crippen molar-refractivity contribution in [2.45, 2.75) is 30.9 Å². The van der Waals surface area contributed by atoms with Crippen molar-refractivity contribution in [3.63, 3.8) is 0 Å². The molecule has 14 heteroatoms. The molecule has 0 unspecified atom stereocenters. The first kappa shape index (κ1) is 27.1. The van der Waals surface area contributed by atoms with Gasteiger partial charge in [-0.2, -0.15) is 26.3 Å². The lowest BCUT2D eigenvalue weighted by molar-refractivity contribution is -0.153. The van der Waals surface area contributed by atoms with Crippen LogP contribution in [0.5, 0.6) is 5.75 Å². The zero-order valence-electron chi connectivity index (χ0n) is 20.3. The summed E-state index contributed by atoms with van der Waals surface area (Å²) in [5.74, 6) is 1.42. The summed E-state index contributed by atoms with van der Waals surface area (Å²) < 4.78 is 84.1. The van der Waals surface area contributed by atoms with Crippen molar-refractivity contribution < 1.29 is 35.9 Å². The molecule has 1 aromatic heterocycles. The second-order valence-electron chi connectivity index (χ2n) is 9.59. The Morgan fingerprint density at radius 2 is 1.87 bits per heavy atom. The molecule has 38 heavy (non-hydrogen) atoms. The predicted octanol–water partition coefficient (Wildman–Crippen LogP) is 3.58. The number of alkyl halides is 6. The number of fused-ring (bicyclic) bond motifs is 1. The van der Waals surface area contributed by atoms with Gasteiger partial charge in [0.05, 0.1) is 11.9 Å². The highest BCUT2D eigenvalue weighted by atomic mass is 32.2. The number of carbonyl (C=O) groups excluding carboxylic acids is 1. The van der Waals surface area contributed by atoms with E-state index < -0.39 is 24.7 Å². The predicted molar refractivity (Wildman–Crippen MR) is 131 cm³/mol. The van der Waals surface area contributed by atoms with Crippen LogP contribution in [0.1, 0.15) is 12.1 Å². The third kappa shape index (κ3) is 5.91. The molecule has 1 amide bonds. The minimum absolute atomic E-state index is 0.114. The average Bonchev–Trinajstić information content (AvgIpc) is 3.58. The number of hydrogen-bond donors (Lipinski definition) is 1. The molecule has 3 aliphatic rings. The van der Waals surface area contributed by atoms with Crippen molar-refractivity contribution in [3.8, 4) is 5.75 Å². The number of anilines is 1. The second-order valence-corrected chi connectivity index (χ2v) is 10.7. The van der Waals surface area contributed by atoms with Crippen molar-refractivity contribution in [1.82, 2.24) is 20.1 Å². The number of nitrogens with zero attached hydrogens (tertiary/aromatic N) is 4. The number of ether oxygens (including phenoxy) is 1. The topological polar surface area (TPSA) is 60.9 Å². The Hall–Kier alpha value is -2.45. The van der Waals surface area contributed by atoms with Crippen molar-refractivity contribution >= 4 is 34.3 Å². The summed E-state index contributed by atoms with van der Waals surface area (Å²) >= 11 is 1.73. The molecular weight excluding hydrogens is 536 g/mol. The van der Waals surface area contributed by atoms with Crippen LogP contribution in [0.3, 0.4) is 0 Å². The summed E-state index contributed by atoms with van der Waals surface area (Å²) in [7, 11) is 0. The monoisotopic (exact) mass is 563 g/mol. The maximum Gasteiger partial charge on any atom is 0.433 e. The Kier molecular flexibility index (Phi) is 7.57. The van der Waals surface area contributed by atoms with E-state index in [1.165, 1.54) is 12.1 Å². The number of hydrogen-bond acceptors (Lipinski definition) is 7. The Bertz CT molecular complexity index is 1170. The molecule has 5 rings (SSSR count). The molecule has 4 heterocycles. The molecule has 1 aromatic carbocycles. The number of benzene rings is 1. The summed E-state index contributed by atoms with van der Waals surface area (Å²) in [5.41, 5.74) is -1.19. The molecule has 0 aliphatic carbocycles. The van der Waals surface area contributed by atoms with E-state index in [4.69, 9.17) is 4.74 Å². The van der Waals surface area contributed by atoms with E-state index in [0.717, 1.165) is 18.4 Å². The van der Waals surface area contributed by atoms with E-state index in [0.29, 0.717) is 50.4 Å². The van der Waals surface area contributed by atoms with Crippen LogP contribution in [-0.4, -0.2) is 96.5 Å². The standard InChI is InChI=1S/C24H27F6N5O2S/c25-23(26,27)13-37-19-3-1-2-16-18(11-20(24(28,29)30)32-21(16)19)34-6-4-33(5-7-34)15-10-17(31-12-15)22(36)35-8-9-38-14-35/h1-3,11,15,17,31H,4-10,12-14H2/t15-,17-/m0/s1. The van der Waals surface area contributed by atoms with E-state index in [-0.39, 0.29) is 34.9 Å². The van der Waals surface area contributed by atoms with Crippen LogP contribution >= 0.6 is 11.8 Å². The first-order valence-corrected chi connectivity index (χ1v) is 13.4. The number of halogens is 6. The molecule has 0 bridgehead atoms. The number of carbonyl (C=O) groups is 1. The summed E-state index contributed by atoms with van der Waals surface area (Å²) in [4.78, 5) is 22.3. The zero-order valence-corrected chi connectivity index (χ0v) is 21.1. The Morgan fingerprint density at radius 3 is 2.53 bits per heavy atom. The lowest BCUT2D eigenvalue weighted by atomic mass is 10.1. The van der Waals surface area contributed by atoms with Gasteiger partial charge in [-0.3, -0.25) is 9.69 Å². The van der Waals surface area contributed by atoms with E-state index in [9.17, 15) is 31.1 Å². The van der Waals surface area contributed by atoms with Gasteiger partial charge in [-0.05, 0) is 18.6 Å². The highest BCUT2D eigenvalue weighted by Crippen LogP contribution is 2.38. The maximum absolute atomic E-state index is 13.7. The number of para-hydroxylation sites is 1. The molecular formula is C24H27F6N5O2S. The second kappa shape index (κ2) is 10.6. The van der Waals surface area contributed by atoms with Gasteiger partial charge < -0.3 is 19.9 Å². The molecule has 2 atom stereocenters. The molecule has 208 valence electrons. The van der Waals surface area contributed by atoms with Crippen LogP contribution in [0.15, 0.2) is 24.3 Å². The highest BCUT2D eigenvalue weighted by molar-refractivity contribution is 7.99. The third-order valence-corrected chi connectivity index (χ3v) is 8.07. The first-order valence-electron chi connectivity index (χ1n) is 12.3. The normalized spacial score (nSPS) is 23.4. The molecule has 3 aliphatic heterocycles. The fourth-order valence-corrected chi connectivity index (χ4v) is 6.16. The number of nitrogens with one attached hydrogen (secondary N) is 1. The van der Waals surface area contributed by atoms with Gasteiger partial charge in [-0.15, -0.1) is 11.8 Å². The highest BCUT2D eigenvalue weighted by Gasteiger charge is 2.38. The number of piperazine rings is 1. The minimum Gasteiger partial charge on any atom is -0.482 e. The maximum atomic E-state index is 13.7. The Labute approximate surface area is 219 Å². The van der Waals surface area contributed by atoms with Gasteiger partial charge in [0.25, 0.3) is 0 Å². The van der Waals surface area contributed by atoms with Gasteiger partial charge in [-0.1, -0.05) is 12.1 Å². The molecule has 1 N–H and O–H groups in total. The van der Waals surface area contributed by atoms with Crippen LogP contribution in [0.2, 0.25) is 0 Å². The summed E-state index contributed by atoms with van der Waals surface area (Å²) in [6.07, 6.45) is -8.75. The van der Waals surface area contributed by atoms with Gasteiger partial charge >= 0.3 is 12.4 Å². The zero-order chi connectivity index (χ0) is 27.1. The van der Waals surface area contributed by atoms with Crippen LogP contribution in [0.25, 0.3) is 10.9 Å². The van der Waals surface area contributed by atoms with Gasteiger partial charge in [0.2, 0.25) is 5.91 Å². The first-order chi connectivity index (χ1) is 18.0. The fraction of sp³-hybridized carbons (Fsp3) is 0.583. The lowest BCUT2D eigenvalue weighted by Gasteiger charge is -2.39. The van der Waals surface area contributed by atoms with Crippen molar-refractivity contribution in [2.75, 3.05) is 62.4 Å². The lowest BCUT2D eigenvalue weighted by Crippen LogP contribution is -2.51. The van der Waals surface area contributed by atoms with E-state index >= 15 is 0 Å². The van der Waals surface area contributed by atoms with Gasteiger partial charge in [-0.25, -0.2) is 4.98 Å². The van der Waals surface area contributed by atoms with Crippen LogP contribution < -0.4 is 15.0 Å². The number of amides is 1. The Balaban J connectivity index is 1.32. The van der Waals surface area contributed by atoms with Crippen molar-refractivity contribution in [3.05, 3.63) is 30.0 Å². The quantitative estimate of drug-likeness (QED) is 0.559. The van der Waals surface area contributed by atoms with Gasteiger partial charge in [0.15, 0.2) is 6.61 Å². The summed E-state index contributed by atoms with van der Waals surface area (Å²) in [6, 6.07) is 5.04. The van der Waals surface area contributed by atoms with Crippen LogP contribution in [0.4, 0.5) is 32.0 Å². The molecule has 2 aromatic rings. The smallest absolute Gasteiger partial charge is 0.433 e. The molecule has 0 saturated carbocycles. The SMILES string of the molecule is O=C([C@@H]1C[C@H](N2CCN(c3cc(C(F)(F)F)nc4c(OCC(F)(F)F)cccc34)CC2)CN1)N1CCSC1. The van der Waals surface area contributed by atoms with Crippen LogP contribution in [0, 0.1) is 0 Å². The molecule has 3 fully saturated rings. The summed E-state index contributed by atoms with van der Waals surface area (Å²) in [5, 5.41) is 3.61. The molecule has 7 nitrogen and oxygen atoms in total. The van der Waals surface area contributed by atoms with Gasteiger partial charge in [0, 0.05) is 62.1 Å². The van der Waals surface area contributed by atoms with E-state index in [1.54, 1.807) is 22.7 Å². The van der Waals surface area contributed by atoms with Crippen molar-refractivity contribution in [1.29, 1.82) is 0 Å². The Morgan fingerprint density at radius 1 is 1.11 bits per heavy atom. The number of thioether (sulfide) groups is 1. The van der Waals surface area contributed by atoms with Gasteiger partial charge in [0.1, 0.15) is 17.0 Å². The molecule has 0 spiro atoms. The van der Waals surface area contributed by atoms with Crippen LogP contribution in [-0.2, 0) is 11.0 Å². The largest absolute Gasteiger partial charge is 0.482 e. The van der Waals surface area contributed by atoms with E-state index in [2.05, 4.69) is 15.2 Å². The number of rotatable bonds is 5. The average molecular weight is 564 g/mol. The molecule has 0 radical (unpaired) electrons. The number of pyridine rings is 1. The fourth-order valence-electron chi connectivity index (χ4n) is 5.21. The summed E-state index contributed by atoms with van der Waals surface area (Å²) in [6.45, 7) is 1.77. The minimum atomic E-state index is -4.78. The molecule has 3 saturated heterocycles.